The number of aromatic nitrogens is 2. The van der Waals surface area contributed by atoms with Crippen LogP contribution in [0, 0.1) is 11.3 Å². The highest BCUT2D eigenvalue weighted by molar-refractivity contribution is 6.26. The highest BCUT2D eigenvalue weighted by Crippen LogP contribution is 2.41. The summed E-state index contributed by atoms with van der Waals surface area (Å²) in [5.41, 5.74) is -2.29. The average molecular weight is 372 g/mol. The van der Waals surface area contributed by atoms with Gasteiger partial charge in [-0.15, -0.1) is 0 Å². The molecule has 1 aromatic heterocycles. The monoisotopic (exact) mass is 372 g/mol. The van der Waals surface area contributed by atoms with E-state index < -0.39 is 29.3 Å². The summed E-state index contributed by atoms with van der Waals surface area (Å²) in [7, 11) is 0. The smallest absolute Gasteiger partial charge is 0.434 e. The first-order valence-electron chi connectivity index (χ1n) is 7.44. The van der Waals surface area contributed by atoms with E-state index in [1.54, 1.807) is 0 Å². The molecule has 0 saturated carbocycles. The third kappa shape index (κ3) is 2.25. The summed E-state index contributed by atoms with van der Waals surface area (Å²) < 4.78 is 41.1. The summed E-state index contributed by atoms with van der Waals surface area (Å²) in [6, 6.07) is 7.42. The molecule has 3 aromatic rings. The van der Waals surface area contributed by atoms with Crippen molar-refractivity contribution in [2.45, 2.75) is 6.18 Å². The number of amides is 1. The Morgan fingerprint density at radius 2 is 2.07 bits per heavy atom. The van der Waals surface area contributed by atoms with E-state index in [-0.39, 0.29) is 33.3 Å². The van der Waals surface area contributed by atoms with Gasteiger partial charge in [0.15, 0.2) is 5.69 Å². The van der Waals surface area contributed by atoms with E-state index >= 15 is 0 Å². The van der Waals surface area contributed by atoms with Gasteiger partial charge in [-0.1, -0.05) is 12.1 Å². The van der Waals surface area contributed by atoms with Crippen LogP contribution >= 0.6 is 0 Å². The van der Waals surface area contributed by atoms with Crippen molar-refractivity contribution in [1.29, 1.82) is 5.26 Å². The summed E-state index contributed by atoms with van der Waals surface area (Å²) in [4.78, 5) is 23.3. The molecule has 1 aliphatic heterocycles. The van der Waals surface area contributed by atoms with Crippen molar-refractivity contribution < 1.29 is 27.9 Å². The fourth-order valence-electron chi connectivity index (χ4n) is 3.18. The summed E-state index contributed by atoms with van der Waals surface area (Å²) in [5.74, 6) is -2.26. The summed E-state index contributed by atoms with van der Waals surface area (Å²) in [5, 5.41) is 25.1. The van der Waals surface area contributed by atoms with Crippen LogP contribution in [0.25, 0.3) is 16.5 Å². The molecule has 10 heteroatoms. The number of carboxylic acid groups (broad SMARTS) is 1. The zero-order chi connectivity index (χ0) is 19.5. The Hall–Kier alpha value is -3.87. The van der Waals surface area contributed by atoms with Gasteiger partial charge in [-0.2, -0.15) is 23.5 Å². The van der Waals surface area contributed by atoms with Crippen LogP contribution in [-0.2, 0) is 6.18 Å². The van der Waals surface area contributed by atoms with Gasteiger partial charge in [-0.25, -0.2) is 9.48 Å². The predicted molar refractivity (Wildman–Crippen MR) is 85.7 cm³/mol. The first kappa shape index (κ1) is 16.6. The van der Waals surface area contributed by atoms with Gasteiger partial charge in [0.25, 0.3) is 5.91 Å². The Bertz CT molecular complexity index is 1200. The number of anilines is 1. The molecule has 2 aromatic carbocycles. The second-order valence-corrected chi connectivity index (χ2v) is 5.73. The molecule has 0 radical (unpaired) electrons. The Kier molecular flexibility index (Phi) is 3.26. The van der Waals surface area contributed by atoms with Crippen molar-refractivity contribution in [2.75, 3.05) is 5.32 Å². The van der Waals surface area contributed by atoms with E-state index in [1.807, 2.05) is 6.07 Å². The summed E-state index contributed by atoms with van der Waals surface area (Å²) >= 11 is 0. The van der Waals surface area contributed by atoms with Gasteiger partial charge in [0.05, 0.1) is 23.1 Å². The van der Waals surface area contributed by atoms with Crippen LogP contribution in [0.15, 0.2) is 30.5 Å². The zero-order valence-electron chi connectivity index (χ0n) is 13.1. The Balaban J connectivity index is 2.15. The molecular weight excluding hydrogens is 365 g/mol. The van der Waals surface area contributed by atoms with Crippen molar-refractivity contribution in [3.63, 3.8) is 0 Å². The first-order chi connectivity index (χ1) is 12.7. The van der Waals surface area contributed by atoms with Crippen LogP contribution in [0.4, 0.5) is 18.9 Å². The maximum absolute atomic E-state index is 13.5. The van der Waals surface area contributed by atoms with Gasteiger partial charge < -0.3 is 10.4 Å². The predicted octanol–water partition coefficient (Wildman–Crippen LogP) is 3.18. The number of hydrogen-bond acceptors (Lipinski definition) is 4. The molecule has 1 amide bonds. The van der Waals surface area contributed by atoms with Crippen LogP contribution in [0.1, 0.15) is 32.0 Å². The van der Waals surface area contributed by atoms with Gasteiger partial charge in [0.1, 0.15) is 11.6 Å². The maximum Gasteiger partial charge on any atom is 0.434 e. The van der Waals surface area contributed by atoms with E-state index in [0.717, 1.165) is 6.07 Å². The van der Waals surface area contributed by atoms with Gasteiger partial charge in [0, 0.05) is 16.3 Å². The van der Waals surface area contributed by atoms with E-state index in [4.69, 9.17) is 5.11 Å². The number of nitrogens with one attached hydrogen (secondary N) is 1. The summed E-state index contributed by atoms with van der Waals surface area (Å²) in [6.45, 7) is 0. The number of benzene rings is 2. The topological polar surface area (TPSA) is 108 Å². The van der Waals surface area contributed by atoms with Gasteiger partial charge in [-0.05, 0) is 12.1 Å². The first-order valence-corrected chi connectivity index (χ1v) is 7.44. The van der Waals surface area contributed by atoms with Crippen LogP contribution in [0.3, 0.4) is 0 Å². The number of alkyl halides is 3. The van der Waals surface area contributed by atoms with Crippen molar-refractivity contribution in [2.24, 2.45) is 0 Å². The number of halogens is 3. The molecule has 4 rings (SSSR count). The SMILES string of the molecule is N#Cc1cc(-n2ncc(C(=O)O)c2C(F)(F)F)c2cccc3c2c1NC3=O. The number of hydrogen-bond donors (Lipinski definition) is 2. The van der Waals surface area contributed by atoms with E-state index in [2.05, 4.69) is 10.4 Å². The fraction of sp³-hybridized carbons (Fsp3) is 0.0588. The van der Waals surface area contributed by atoms with E-state index in [0.29, 0.717) is 10.9 Å². The minimum absolute atomic E-state index is 0.0590. The molecule has 134 valence electrons. The molecule has 0 fully saturated rings. The molecule has 0 bridgehead atoms. The number of nitrogens with zero attached hydrogens (tertiary/aromatic N) is 3. The minimum Gasteiger partial charge on any atom is -0.478 e. The quantitative estimate of drug-likeness (QED) is 0.718. The number of nitriles is 1. The minimum atomic E-state index is -5.01. The fourth-order valence-corrected chi connectivity index (χ4v) is 3.18. The second-order valence-electron chi connectivity index (χ2n) is 5.73. The van der Waals surface area contributed by atoms with Gasteiger partial charge in [-0.3, -0.25) is 4.79 Å². The molecule has 0 unspecified atom stereocenters. The number of carboxylic acids is 1. The van der Waals surface area contributed by atoms with Crippen LogP contribution in [0.5, 0.6) is 0 Å². The maximum atomic E-state index is 13.5. The van der Waals surface area contributed by atoms with Crippen LogP contribution in [0.2, 0.25) is 0 Å². The third-order valence-corrected chi connectivity index (χ3v) is 4.24. The largest absolute Gasteiger partial charge is 0.478 e. The molecule has 2 heterocycles. The van der Waals surface area contributed by atoms with Crippen LogP contribution in [-0.4, -0.2) is 26.8 Å². The van der Waals surface area contributed by atoms with Crippen molar-refractivity contribution in [1.82, 2.24) is 9.78 Å². The van der Waals surface area contributed by atoms with E-state index in [1.165, 1.54) is 18.2 Å². The molecule has 0 spiro atoms. The molecule has 7 nitrogen and oxygen atoms in total. The highest BCUT2D eigenvalue weighted by atomic mass is 19.4. The molecule has 0 saturated heterocycles. The number of carbonyl (C=O) groups excluding carboxylic acids is 1. The van der Waals surface area contributed by atoms with Crippen molar-refractivity contribution in [3.8, 4) is 11.8 Å². The average Bonchev–Trinajstić information content (AvgIpc) is 3.19. The zero-order valence-corrected chi connectivity index (χ0v) is 13.1. The van der Waals surface area contributed by atoms with E-state index in [9.17, 15) is 28.0 Å². The second kappa shape index (κ2) is 5.31. The molecule has 0 atom stereocenters. The normalized spacial score (nSPS) is 12.9. The van der Waals surface area contributed by atoms with Crippen molar-refractivity contribution >= 4 is 28.3 Å². The van der Waals surface area contributed by atoms with Crippen molar-refractivity contribution in [3.05, 3.63) is 52.8 Å². The van der Waals surface area contributed by atoms with Gasteiger partial charge in [0.2, 0.25) is 0 Å². The third-order valence-electron chi connectivity index (χ3n) is 4.24. The molecular formula is C17H7F3N4O3. The lowest BCUT2D eigenvalue weighted by Gasteiger charge is -2.15. The van der Waals surface area contributed by atoms with Crippen LogP contribution < -0.4 is 5.32 Å². The Labute approximate surface area is 148 Å². The summed E-state index contributed by atoms with van der Waals surface area (Å²) in [6.07, 6.45) is -4.41. The molecule has 27 heavy (non-hydrogen) atoms. The lowest BCUT2D eigenvalue weighted by Crippen LogP contribution is -2.17. The number of aromatic carboxylic acids is 1. The number of carbonyl (C=O) groups is 2. The number of rotatable bonds is 2. The van der Waals surface area contributed by atoms with Gasteiger partial charge >= 0.3 is 12.1 Å². The lowest BCUT2D eigenvalue weighted by atomic mass is 10.0. The molecule has 0 aliphatic carbocycles. The lowest BCUT2D eigenvalue weighted by molar-refractivity contribution is -0.143. The molecule has 1 aliphatic rings. The highest BCUT2D eigenvalue weighted by Gasteiger charge is 2.41. The molecule has 2 N–H and O–H groups in total. The Morgan fingerprint density at radius 1 is 1.33 bits per heavy atom. The standard InChI is InChI=1S/C17H7F3N4O3/c18-17(19,20)14-10(16(26)27)6-22-24(14)11-4-7(5-21)13-12-8(11)2-1-3-9(12)15(25)23-13/h1-4,6H,(H,23,25)(H,26,27). The Morgan fingerprint density at radius 3 is 2.70 bits per heavy atom.